The van der Waals surface area contributed by atoms with Gasteiger partial charge in [0.2, 0.25) is 0 Å². The van der Waals surface area contributed by atoms with Gasteiger partial charge in [-0.15, -0.1) is 0 Å². The Labute approximate surface area is 93.0 Å². The summed E-state index contributed by atoms with van der Waals surface area (Å²) in [5, 5.41) is 0. The lowest BCUT2D eigenvalue weighted by atomic mass is 9.90. The van der Waals surface area contributed by atoms with Gasteiger partial charge >= 0.3 is 0 Å². The fourth-order valence-electron chi connectivity index (χ4n) is 3.30. The highest BCUT2D eigenvalue weighted by Crippen LogP contribution is 2.34. The monoisotopic (exact) mass is 212 g/mol. The van der Waals surface area contributed by atoms with Crippen LogP contribution >= 0.6 is 0 Å². The van der Waals surface area contributed by atoms with Crippen molar-refractivity contribution >= 4 is 0 Å². The van der Waals surface area contributed by atoms with Gasteiger partial charge in [-0.2, -0.15) is 0 Å². The van der Waals surface area contributed by atoms with E-state index in [0.29, 0.717) is 6.04 Å². The Morgan fingerprint density at radius 2 is 2.27 bits per heavy atom. The van der Waals surface area contributed by atoms with Gasteiger partial charge in [0.05, 0.1) is 12.1 Å². The Morgan fingerprint density at radius 1 is 1.47 bits per heavy atom. The minimum atomic E-state index is 0.141. The average Bonchev–Trinajstić information content (AvgIpc) is 2.59. The Hall–Kier alpha value is -0.120. The molecule has 3 atom stereocenters. The van der Waals surface area contributed by atoms with E-state index in [1.807, 2.05) is 0 Å². The van der Waals surface area contributed by atoms with Gasteiger partial charge in [0.1, 0.15) is 0 Å². The largest absolute Gasteiger partial charge is 0.379 e. The van der Waals surface area contributed by atoms with Gasteiger partial charge in [-0.3, -0.25) is 4.90 Å². The Balaban J connectivity index is 2.10. The highest BCUT2D eigenvalue weighted by Gasteiger charge is 2.43. The lowest BCUT2D eigenvalue weighted by Gasteiger charge is -2.45. The molecule has 2 aliphatic rings. The zero-order chi connectivity index (χ0) is 10.9. The number of rotatable bonds is 2. The van der Waals surface area contributed by atoms with E-state index in [4.69, 9.17) is 10.5 Å². The molecule has 0 aromatic rings. The van der Waals surface area contributed by atoms with Crippen LogP contribution < -0.4 is 5.73 Å². The lowest BCUT2D eigenvalue weighted by Crippen LogP contribution is -2.59. The van der Waals surface area contributed by atoms with E-state index >= 15 is 0 Å². The molecule has 2 aliphatic heterocycles. The van der Waals surface area contributed by atoms with Gasteiger partial charge in [-0.1, -0.05) is 6.92 Å². The van der Waals surface area contributed by atoms with Crippen molar-refractivity contribution in [2.45, 2.75) is 44.7 Å². The first-order chi connectivity index (χ1) is 7.18. The highest BCUT2D eigenvalue weighted by atomic mass is 16.5. The Bertz CT molecular complexity index is 214. The highest BCUT2D eigenvalue weighted by molar-refractivity contribution is 4.99. The minimum absolute atomic E-state index is 0.141. The van der Waals surface area contributed by atoms with Gasteiger partial charge in [0, 0.05) is 25.7 Å². The number of hydrogen-bond acceptors (Lipinski definition) is 3. The van der Waals surface area contributed by atoms with E-state index < -0.39 is 0 Å². The van der Waals surface area contributed by atoms with Gasteiger partial charge in [0.25, 0.3) is 0 Å². The SMILES string of the molecule is CC1CC(C)N(C2(CN)CCCOC2)C1. The summed E-state index contributed by atoms with van der Waals surface area (Å²) in [5.41, 5.74) is 6.15. The first-order valence-corrected chi connectivity index (χ1v) is 6.22. The number of likely N-dealkylation sites (tertiary alicyclic amines) is 1. The average molecular weight is 212 g/mol. The number of nitrogens with two attached hydrogens (primary N) is 1. The second-order valence-electron chi connectivity index (χ2n) is 5.43. The molecule has 2 N–H and O–H groups in total. The zero-order valence-electron chi connectivity index (χ0n) is 10.0. The van der Waals surface area contributed by atoms with Gasteiger partial charge in [0.15, 0.2) is 0 Å². The maximum atomic E-state index is 6.00. The quantitative estimate of drug-likeness (QED) is 0.748. The third-order valence-corrected chi connectivity index (χ3v) is 4.07. The summed E-state index contributed by atoms with van der Waals surface area (Å²) < 4.78 is 5.65. The number of ether oxygens (including phenoxy) is 1. The standard InChI is InChI=1S/C12H24N2O/c1-10-6-11(2)14(7-10)12(8-13)4-3-5-15-9-12/h10-11H,3-9,13H2,1-2H3. The van der Waals surface area contributed by atoms with Crippen LogP contribution in [0.3, 0.4) is 0 Å². The minimum Gasteiger partial charge on any atom is -0.379 e. The molecule has 3 nitrogen and oxygen atoms in total. The summed E-state index contributed by atoms with van der Waals surface area (Å²) in [6.45, 7) is 8.35. The molecule has 2 rings (SSSR count). The van der Waals surface area contributed by atoms with E-state index in [-0.39, 0.29) is 5.54 Å². The van der Waals surface area contributed by atoms with Crippen molar-refractivity contribution in [1.82, 2.24) is 4.90 Å². The maximum absolute atomic E-state index is 6.00. The van der Waals surface area contributed by atoms with Crippen LogP contribution in [-0.2, 0) is 4.74 Å². The molecule has 0 aromatic carbocycles. The maximum Gasteiger partial charge on any atom is 0.0662 e. The molecule has 88 valence electrons. The molecule has 0 bridgehead atoms. The molecule has 15 heavy (non-hydrogen) atoms. The molecule has 0 radical (unpaired) electrons. The third-order valence-electron chi connectivity index (χ3n) is 4.07. The van der Waals surface area contributed by atoms with Crippen molar-refractivity contribution in [3.8, 4) is 0 Å². The van der Waals surface area contributed by atoms with E-state index in [9.17, 15) is 0 Å². The molecule has 0 amide bonds. The van der Waals surface area contributed by atoms with Gasteiger partial charge < -0.3 is 10.5 Å². The zero-order valence-corrected chi connectivity index (χ0v) is 10.0. The molecule has 3 unspecified atom stereocenters. The van der Waals surface area contributed by atoms with Crippen molar-refractivity contribution in [3.05, 3.63) is 0 Å². The van der Waals surface area contributed by atoms with Crippen LogP contribution in [0.1, 0.15) is 33.1 Å². The van der Waals surface area contributed by atoms with Gasteiger partial charge in [-0.05, 0) is 32.1 Å². The second kappa shape index (κ2) is 4.40. The topological polar surface area (TPSA) is 38.5 Å². The van der Waals surface area contributed by atoms with Crippen LogP contribution in [0.2, 0.25) is 0 Å². The van der Waals surface area contributed by atoms with Crippen LogP contribution in [0.25, 0.3) is 0 Å². The molecule has 3 heteroatoms. The third kappa shape index (κ3) is 2.05. The van der Waals surface area contributed by atoms with E-state index in [1.54, 1.807) is 0 Å². The molecule has 0 aromatic heterocycles. The van der Waals surface area contributed by atoms with Crippen LogP contribution in [0.5, 0.6) is 0 Å². The normalized spacial score (nSPS) is 43.4. The Kier molecular flexibility index (Phi) is 3.33. The summed E-state index contributed by atoms with van der Waals surface area (Å²) in [6, 6.07) is 0.672. The van der Waals surface area contributed by atoms with Crippen LogP contribution in [0, 0.1) is 5.92 Å². The first-order valence-electron chi connectivity index (χ1n) is 6.22. The van der Waals surface area contributed by atoms with Crippen molar-refractivity contribution in [3.63, 3.8) is 0 Å². The summed E-state index contributed by atoms with van der Waals surface area (Å²) in [4.78, 5) is 2.61. The van der Waals surface area contributed by atoms with Crippen molar-refractivity contribution in [2.75, 3.05) is 26.3 Å². The predicted molar refractivity (Wildman–Crippen MR) is 61.8 cm³/mol. The molecular formula is C12H24N2O. The van der Waals surface area contributed by atoms with Crippen LogP contribution in [-0.4, -0.2) is 42.8 Å². The fraction of sp³-hybridized carbons (Fsp3) is 1.00. The van der Waals surface area contributed by atoms with Crippen molar-refractivity contribution < 1.29 is 4.74 Å². The van der Waals surface area contributed by atoms with E-state index in [1.165, 1.54) is 19.4 Å². The molecule has 2 heterocycles. The molecule has 0 saturated carbocycles. The summed E-state index contributed by atoms with van der Waals surface area (Å²) in [7, 11) is 0. The summed E-state index contributed by atoms with van der Waals surface area (Å²) in [5.74, 6) is 0.811. The van der Waals surface area contributed by atoms with Crippen LogP contribution in [0.4, 0.5) is 0 Å². The van der Waals surface area contributed by atoms with Crippen LogP contribution in [0.15, 0.2) is 0 Å². The molecule has 2 saturated heterocycles. The van der Waals surface area contributed by atoms with Gasteiger partial charge in [-0.25, -0.2) is 0 Å². The van der Waals surface area contributed by atoms with E-state index in [0.717, 1.165) is 32.1 Å². The fourth-order valence-corrected chi connectivity index (χ4v) is 3.30. The lowest BCUT2D eigenvalue weighted by molar-refractivity contribution is -0.0489. The van der Waals surface area contributed by atoms with Crippen molar-refractivity contribution in [1.29, 1.82) is 0 Å². The predicted octanol–water partition coefficient (Wildman–Crippen LogP) is 1.22. The second-order valence-corrected chi connectivity index (χ2v) is 5.43. The Morgan fingerprint density at radius 3 is 2.73 bits per heavy atom. The van der Waals surface area contributed by atoms with Crippen molar-refractivity contribution in [2.24, 2.45) is 11.7 Å². The smallest absolute Gasteiger partial charge is 0.0662 e. The molecule has 2 fully saturated rings. The molecule has 0 aliphatic carbocycles. The molecular weight excluding hydrogens is 188 g/mol. The first kappa shape index (κ1) is 11.4. The summed E-state index contributed by atoms with van der Waals surface area (Å²) >= 11 is 0. The number of nitrogens with zero attached hydrogens (tertiary/aromatic N) is 1. The molecule has 0 spiro atoms. The van der Waals surface area contributed by atoms with E-state index in [2.05, 4.69) is 18.7 Å². The summed E-state index contributed by atoms with van der Waals surface area (Å²) in [6.07, 6.45) is 3.68. The number of hydrogen-bond donors (Lipinski definition) is 1.